The molecule has 2 heteroatoms. The fraction of sp³-hybridized carbons (Fsp3) is 1.00. The van der Waals surface area contributed by atoms with E-state index in [-0.39, 0.29) is 0 Å². The Hall–Kier alpha value is -0.0800. The van der Waals surface area contributed by atoms with Crippen molar-refractivity contribution in [2.45, 2.75) is 19.1 Å². The summed E-state index contributed by atoms with van der Waals surface area (Å²) in [6.45, 7) is 4.39. The van der Waals surface area contributed by atoms with Crippen LogP contribution in [0.25, 0.3) is 0 Å². The summed E-state index contributed by atoms with van der Waals surface area (Å²) >= 11 is 0. The van der Waals surface area contributed by atoms with E-state index >= 15 is 0 Å². The van der Waals surface area contributed by atoms with E-state index in [0.717, 1.165) is 25.1 Å². The van der Waals surface area contributed by atoms with Gasteiger partial charge in [-0.15, -0.1) is 0 Å². The Bertz CT molecular complexity index is 126. The van der Waals surface area contributed by atoms with Crippen LogP contribution in [0.5, 0.6) is 0 Å². The van der Waals surface area contributed by atoms with Crippen molar-refractivity contribution in [3.63, 3.8) is 0 Å². The van der Waals surface area contributed by atoms with E-state index in [1.807, 2.05) is 0 Å². The quantitative estimate of drug-likeness (QED) is 0.465. The maximum atomic E-state index is 5.49. The van der Waals surface area contributed by atoms with E-state index < -0.39 is 0 Å². The van der Waals surface area contributed by atoms with Crippen LogP contribution in [-0.4, -0.2) is 37.2 Å². The number of morpholine rings is 1. The molecule has 0 N–H and O–H groups in total. The molecule has 2 aliphatic rings. The van der Waals surface area contributed by atoms with Crippen molar-refractivity contribution in [1.82, 2.24) is 4.90 Å². The van der Waals surface area contributed by atoms with Crippen molar-refractivity contribution in [3.8, 4) is 0 Å². The number of likely N-dealkylation sites (N-methyl/N-ethyl adjacent to an activating group) is 1. The standard InChI is InChI=1S/C7H13NO/c1-5-6-4-9-7(5)3-8(6)2/h5-7H,3-4H2,1-2H3/t5-,6+,7+/m0/s1. The highest BCUT2D eigenvalue weighted by Gasteiger charge is 2.43. The van der Waals surface area contributed by atoms with Crippen molar-refractivity contribution >= 4 is 0 Å². The third kappa shape index (κ3) is 0.634. The Balaban J connectivity index is 2.16. The molecule has 0 aromatic rings. The summed E-state index contributed by atoms with van der Waals surface area (Å²) in [5, 5.41) is 0. The SMILES string of the molecule is C[C@H]1[C@H]2CO[C@@H]1CN2C. The van der Waals surface area contributed by atoms with Crippen LogP contribution >= 0.6 is 0 Å². The van der Waals surface area contributed by atoms with E-state index in [4.69, 9.17) is 4.74 Å². The smallest absolute Gasteiger partial charge is 0.0744 e. The van der Waals surface area contributed by atoms with Crippen molar-refractivity contribution in [2.24, 2.45) is 5.92 Å². The third-order valence-electron chi connectivity index (χ3n) is 2.71. The summed E-state index contributed by atoms with van der Waals surface area (Å²) < 4.78 is 5.49. The number of rotatable bonds is 0. The number of likely N-dealkylation sites (tertiary alicyclic amines) is 1. The Labute approximate surface area is 55.8 Å². The van der Waals surface area contributed by atoms with Gasteiger partial charge in [-0.2, -0.15) is 0 Å². The molecule has 0 aliphatic carbocycles. The normalized spacial score (nSPS) is 50.7. The van der Waals surface area contributed by atoms with Gasteiger partial charge in [0.05, 0.1) is 12.7 Å². The van der Waals surface area contributed by atoms with Crippen LogP contribution in [0.15, 0.2) is 0 Å². The topological polar surface area (TPSA) is 12.5 Å². The molecule has 0 aromatic heterocycles. The second-order valence-corrected chi connectivity index (χ2v) is 3.24. The monoisotopic (exact) mass is 127 g/mol. The first-order chi connectivity index (χ1) is 4.29. The lowest BCUT2D eigenvalue weighted by molar-refractivity contribution is 0.0393. The van der Waals surface area contributed by atoms with Gasteiger partial charge in [-0.05, 0) is 7.05 Å². The lowest BCUT2D eigenvalue weighted by Crippen LogP contribution is -2.33. The van der Waals surface area contributed by atoms with Crippen LogP contribution in [0.3, 0.4) is 0 Å². The minimum absolute atomic E-state index is 0.542. The molecule has 0 amide bonds. The highest BCUT2D eigenvalue weighted by Crippen LogP contribution is 2.31. The number of fused-ring (bicyclic) bond motifs is 2. The Kier molecular flexibility index (Phi) is 1.08. The van der Waals surface area contributed by atoms with E-state index in [0.29, 0.717) is 6.10 Å². The highest BCUT2D eigenvalue weighted by molar-refractivity contribution is 4.95. The Morgan fingerprint density at radius 1 is 1.56 bits per heavy atom. The fourth-order valence-electron chi connectivity index (χ4n) is 1.94. The van der Waals surface area contributed by atoms with Crippen molar-refractivity contribution in [1.29, 1.82) is 0 Å². The van der Waals surface area contributed by atoms with Crippen LogP contribution in [0.1, 0.15) is 6.92 Å². The van der Waals surface area contributed by atoms with Gasteiger partial charge < -0.3 is 4.74 Å². The van der Waals surface area contributed by atoms with Crippen LogP contribution < -0.4 is 0 Å². The second kappa shape index (κ2) is 1.70. The van der Waals surface area contributed by atoms with Crippen LogP contribution in [0, 0.1) is 5.92 Å². The summed E-state index contributed by atoms with van der Waals surface area (Å²) in [6, 6.07) is 0.718. The van der Waals surface area contributed by atoms with Crippen LogP contribution in [-0.2, 0) is 4.74 Å². The lowest BCUT2D eigenvalue weighted by atomic mass is 10.1. The molecular weight excluding hydrogens is 114 g/mol. The van der Waals surface area contributed by atoms with Gasteiger partial charge in [-0.1, -0.05) is 6.92 Å². The number of ether oxygens (including phenoxy) is 1. The van der Waals surface area contributed by atoms with Gasteiger partial charge in [-0.3, -0.25) is 4.90 Å². The first-order valence-corrected chi connectivity index (χ1v) is 3.61. The average Bonchev–Trinajstić information content (AvgIpc) is 2.25. The van der Waals surface area contributed by atoms with Crippen molar-refractivity contribution in [2.75, 3.05) is 20.2 Å². The minimum atomic E-state index is 0.542. The van der Waals surface area contributed by atoms with Crippen molar-refractivity contribution in [3.05, 3.63) is 0 Å². The molecule has 0 unspecified atom stereocenters. The predicted molar refractivity (Wildman–Crippen MR) is 35.3 cm³/mol. The zero-order valence-electron chi connectivity index (χ0n) is 6.00. The first kappa shape index (κ1) is 5.69. The van der Waals surface area contributed by atoms with E-state index in [2.05, 4.69) is 18.9 Å². The molecule has 2 nitrogen and oxygen atoms in total. The van der Waals surface area contributed by atoms with Crippen LogP contribution in [0.4, 0.5) is 0 Å². The summed E-state index contributed by atoms with van der Waals surface area (Å²) in [6.07, 6.45) is 0.542. The summed E-state index contributed by atoms with van der Waals surface area (Å²) in [5.41, 5.74) is 0. The molecule has 0 saturated carbocycles. The molecule has 52 valence electrons. The summed E-state index contributed by atoms with van der Waals surface area (Å²) in [7, 11) is 2.18. The van der Waals surface area contributed by atoms with E-state index in [1.54, 1.807) is 0 Å². The molecule has 2 rings (SSSR count). The maximum absolute atomic E-state index is 5.49. The predicted octanol–water partition coefficient (Wildman–Crippen LogP) is 0.335. The van der Waals surface area contributed by atoms with Gasteiger partial charge in [0.25, 0.3) is 0 Å². The average molecular weight is 127 g/mol. The number of nitrogens with zero attached hydrogens (tertiary/aromatic N) is 1. The van der Waals surface area contributed by atoms with Gasteiger partial charge in [0.15, 0.2) is 0 Å². The molecule has 9 heavy (non-hydrogen) atoms. The van der Waals surface area contributed by atoms with Gasteiger partial charge in [0, 0.05) is 18.5 Å². The molecule has 2 fully saturated rings. The molecular formula is C7H13NO. The molecule has 0 aromatic carbocycles. The maximum Gasteiger partial charge on any atom is 0.0744 e. The largest absolute Gasteiger partial charge is 0.375 e. The fourth-order valence-corrected chi connectivity index (χ4v) is 1.94. The summed E-state index contributed by atoms with van der Waals surface area (Å²) in [5.74, 6) is 0.773. The number of hydrogen-bond donors (Lipinski definition) is 0. The molecule has 3 atom stereocenters. The van der Waals surface area contributed by atoms with Gasteiger partial charge in [-0.25, -0.2) is 0 Å². The minimum Gasteiger partial charge on any atom is -0.375 e. The van der Waals surface area contributed by atoms with Gasteiger partial charge in [0.1, 0.15) is 0 Å². The Morgan fingerprint density at radius 2 is 2.33 bits per heavy atom. The van der Waals surface area contributed by atoms with Gasteiger partial charge >= 0.3 is 0 Å². The molecule has 2 saturated heterocycles. The zero-order chi connectivity index (χ0) is 6.43. The first-order valence-electron chi connectivity index (χ1n) is 3.61. The second-order valence-electron chi connectivity index (χ2n) is 3.24. The van der Waals surface area contributed by atoms with Gasteiger partial charge in [0.2, 0.25) is 0 Å². The summed E-state index contributed by atoms with van der Waals surface area (Å²) in [4.78, 5) is 2.40. The lowest BCUT2D eigenvalue weighted by Gasteiger charge is -2.21. The van der Waals surface area contributed by atoms with Crippen LogP contribution in [0.2, 0.25) is 0 Å². The van der Waals surface area contributed by atoms with Crippen molar-refractivity contribution < 1.29 is 4.74 Å². The molecule has 2 heterocycles. The molecule has 0 spiro atoms. The van der Waals surface area contributed by atoms with E-state index in [1.165, 1.54) is 0 Å². The number of hydrogen-bond acceptors (Lipinski definition) is 2. The zero-order valence-corrected chi connectivity index (χ0v) is 6.00. The molecule has 2 aliphatic heterocycles. The molecule has 2 bridgehead atoms. The third-order valence-corrected chi connectivity index (χ3v) is 2.71. The molecule has 0 radical (unpaired) electrons. The highest BCUT2D eigenvalue weighted by atomic mass is 16.5. The van der Waals surface area contributed by atoms with E-state index in [9.17, 15) is 0 Å². The Morgan fingerprint density at radius 3 is 2.56 bits per heavy atom.